The van der Waals surface area contributed by atoms with Crippen LogP contribution in [0, 0.1) is 19.8 Å². The lowest BCUT2D eigenvalue weighted by Crippen LogP contribution is -2.40. The van der Waals surface area contributed by atoms with Crippen LogP contribution in [-0.4, -0.2) is 33.7 Å². The van der Waals surface area contributed by atoms with Gasteiger partial charge in [0.1, 0.15) is 12.3 Å². The molecule has 9 heteroatoms. The molecule has 7 nitrogen and oxygen atoms in total. The molecular weight excluding hydrogens is 498 g/mol. The first-order chi connectivity index (χ1) is 17.1. The monoisotopic (exact) mass is 527 g/mol. The molecule has 0 bridgehead atoms. The number of benzene rings is 3. The zero-order valence-electron chi connectivity index (χ0n) is 20.7. The first kappa shape index (κ1) is 27.2. The van der Waals surface area contributed by atoms with E-state index >= 15 is 0 Å². The second kappa shape index (κ2) is 12.1. The van der Waals surface area contributed by atoms with Gasteiger partial charge in [0, 0.05) is 5.02 Å². The fraction of sp³-hybridized carbons (Fsp3) is 0.259. The van der Waals surface area contributed by atoms with Crippen molar-refractivity contribution in [1.29, 1.82) is 0 Å². The van der Waals surface area contributed by atoms with Crippen LogP contribution >= 0.6 is 11.6 Å². The van der Waals surface area contributed by atoms with Crippen LogP contribution < -0.4 is 14.5 Å². The number of amides is 1. The normalized spacial score (nSPS) is 11.6. The summed E-state index contributed by atoms with van der Waals surface area (Å²) in [4.78, 5) is 12.8. The lowest BCUT2D eigenvalue weighted by atomic mass is 10.2. The number of nitrogens with zero attached hydrogens (tertiary/aromatic N) is 2. The summed E-state index contributed by atoms with van der Waals surface area (Å²) in [5.41, 5.74) is 4.95. The van der Waals surface area contributed by atoms with Crippen LogP contribution in [0.5, 0.6) is 5.75 Å². The maximum absolute atomic E-state index is 13.5. The van der Waals surface area contributed by atoms with Gasteiger partial charge in [0.05, 0.1) is 23.4 Å². The molecule has 0 radical (unpaired) electrons. The van der Waals surface area contributed by atoms with Crippen molar-refractivity contribution >= 4 is 39.4 Å². The Morgan fingerprint density at radius 1 is 1.06 bits per heavy atom. The summed E-state index contributed by atoms with van der Waals surface area (Å²) in [6, 6.07) is 18.7. The summed E-state index contributed by atoms with van der Waals surface area (Å²) in [5.74, 6) is 0.573. The van der Waals surface area contributed by atoms with E-state index in [9.17, 15) is 13.2 Å². The van der Waals surface area contributed by atoms with Gasteiger partial charge in [-0.2, -0.15) is 5.10 Å². The molecule has 0 saturated heterocycles. The van der Waals surface area contributed by atoms with Gasteiger partial charge in [-0.1, -0.05) is 49.2 Å². The van der Waals surface area contributed by atoms with Crippen molar-refractivity contribution in [2.75, 3.05) is 17.5 Å². The summed E-state index contributed by atoms with van der Waals surface area (Å²) in [7, 11) is -4.05. The fourth-order valence-corrected chi connectivity index (χ4v) is 4.91. The van der Waals surface area contributed by atoms with E-state index < -0.39 is 22.5 Å². The Bertz CT molecular complexity index is 1320. The third-order valence-corrected chi connectivity index (χ3v) is 7.45. The molecule has 0 aliphatic rings. The molecule has 0 aliphatic heterocycles. The Morgan fingerprint density at radius 2 is 1.72 bits per heavy atom. The average Bonchev–Trinajstić information content (AvgIpc) is 2.84. The number of carbonyl (C=O) groups is 1. The van der Waals surface area contributed by atoms with Gasteiger partial charge in [-0.3, -0.25) is 9.10 Å². The van der Waals surface area contributed by atoms with Crippen LogP contribution in [-0.2, 0) is 14.8 Å². The molecule has 36 heavy (non-hydrogen) atoms. The number of hydrogen-bond acceptors (Lipinski definition) is 5. The number of rotatable bonds is 10. The highest BCUT2D eigenvalue weighted by Gasteiger charge is 2.28. The molecule has 3 rings (SSSR count). The third-order valence-electron chi connectivity index (χ3n) is 5.27. The Hall–Kier alpha value is -3.36. The number of hydrazone groups is 1. The zero-order chi connectivity index (χ0) is 26.3. The van der Waals surface area contributed by atoms with E-state index in [4.69, 9.17) is 16.3 Å². The predicted octanol–water partition coefficient (Wildman–Crippen LogP) is 5.34. The van der Waals surface area contributed by atoms with Crippen LogP contribution in [0.3, 0.4) is 0 Å². The highest BCUT2D eigenvalue weighted by molar-refractivity contribution is 7.92. The molecule has 190 valence electrons. The standard InChI is InChI=1S/C27H30ClN3O4S/c1-19(2)18-35-23-12-10-22(11-13-23)16-29-30-27(32)17-31(26-7-5-6-25(28)21(26)4)36(33,34)24-14-8-20(3)9-15-24/h5-16,19H,17-18H2,1-4H3,(H,30,32)/b29-16-. The van der Waals surface area contributed by atoms with Gasteiger partial charge in [0.2, 0.25) is 0 Å². The Morgan fingerprint density at radius 3 is 2.36 bits per heavy atom. The van der Waals surface area contributed by atoms with E-state index in [-0.39, 0.29) is 4.90 Å². The SMILES string of the molecule is Cc1ccc(S(=O)(=O)N(CC(=O)N/N=C\c2ccc(OCC(C)C)cc2)c2cccc(Cl)c2C)cc1. The first-order valence-electron chi connectivity index (χ1n) is 11.5. The minimum absolute atomic E-state index is 0.0727. The average molecular weight is 528 g/mol. The van der Waals surface area contributed by atoms with Crippen molar-refractivity contribution in [2.24, 2.45) is 11.0 Å². The molecule has 3 aromatic carbocycles. The Labute approximate surface area is 217 Å². The maximum atomic E-state index is 13.5. The third kappa shape index (κ3) is 7.08. The number of aryl methyl sites for hydroxylation is 1. The summed E-state index contributed by atoms with van der Waals surface area (Å²) < 4.78 is 33.7. The maximum Gasteiger partial charge on any atom is 0.264 e. The largest absolute Gasteiger partial charge is 0.493 e. The second-order valence-electron chi connectivity index (χ2n) is 8.78. The van der Waals surface area contributed by atoms with Crippen LogP contribution in [0.25, 0.3) is 0 Å². The van der Waals surface area contributed by atoms with E-state index in [1.165, 1.54) is 18.3 Å². The lowest BCUT2D eigenvalue weighted by Gasteiger charge is -2.25. The molecule has 0 saturated carbocycles. The minimum Gasteiger partial charge on any atom is -0.493 e. The van der Waals surface area contributed by atoms with Crippen molar-refractivity contribution in [3.8, 4) is 5.75 Å². The molecule has 1 N–H and O–H groups in total. The van der Waals surface area contributed by atoms with Gasteiger partial charge < -0.3 is 4.74 Å². The second-order valence-corrected chi connectivity index (χ2v) is 11.0. The number of hydrogen-bond donors (Lipinski definition) is 1. The van der Waals surface area contributed by atoms with E-state index in [1.54, 1.807) is 37.3 Å². The Kier molecular flexibility index (Phi) is 9.12. The molecular formula is C27H30ClN3O4S. The van der Waals surface area contributed by atoms with Crippen LogP contribution in [0.1, 0.15) is 30.5 Å². The fourth-order valence-electron chi connectivity index (χ4n) is 3.26. The number of halogens is 1. The molecule has 3 aromatic rings. The summed E-state index contributed by atoms with van der Waals surface area (Å²) in [6.07, 6.45) is 1.48. The first-order valence-corrected chi connectivity index (χ1v) is 13.3. The lowest BCUT2D eigenvalue weighted by molar-refractivity contribution is -0.119. The van der Waals surface area contributed by atoms with Crippen LogP contribution in [0.4, 0.5) is 5.69 Å². The zero-order valence-corrected chi connectivity index (χ0v) is 22.3. The van der Waals surface area contributed by atoms with Gasteiger partial charge in [-0.25, -0.2) is 13.8 Å². The van der Waals surface area contributed by atoms with Gasteiger partial charge >= 0.3 is 0 Å². The number of anilines is 1. The molecule has 0 unspecified atom stereocenters. The van der Waals surface area contributed by atoms with Crippen molar-refractivity contribution < 1.29 is 17.9 Å². The highest BCUT2D eigenvalue weighted by Crippen LogP contribution is 2.30. The number of ether oxygens (including phenoxy) is 1. The van der Waals surface area contributed by atoms with Gasteiger partial charge in [0.15, 0.2) is 0 Å². The molecule has 0 aliphatic carbocycles. The van der Waals surface area contributed by atoms with E-state index in [2.05, 4.69) is 24.4 Å². The van der Waals surface area contributed by atoms with Crippen LogP contribution in [0.2, 0.25) is 5.02 Å². The van der Waals surface area contributed by atoms with E-state index in [0.29, 0.717) is 28.8 Å². The molecule has 0 fully saturated rings. The number of carbonyl (C=O) groups excluding carboxylic acids is 1. The van der Waals surface area contributed by atoms with Crippen molar-refractivity contribution in [3.63, 3.8) is 0 Å². The molecule has 0 spiro atoms. The highest BCUT2D eigenvalue weighted by atomic mass is 35.5. The molecule has 0 aromatic heterocycles. The van der Waals surface area contributed by atoms with Gasteiger partial charge in [0.25, 0.3) is 15.9 Å². The van der Waals surface area contributed by atoms with Crippen LogP contribution in [0.15, 0.2) is 76.7 Å². The minimum atomic E-state index is -4.05. The van der Waals surface area contributed by atoms with Crippen molar-refractivity contribution in [2.45, 2.75) is 32.6 Å². The summed E-state index contributed by atoms with van der Waals surface area (Å²) in [6.45, 7) is 7.87. The molecule has 0 heterocycles. The van der Waals surface area contributed by atoms with Crippen molar-refractivity contribution in [3.05, 3.63) is 88.4 Å². The molecule has 0 atom stereocenters. The topological polar surface area (TPSA) is 88.1 Å². The van der Waals surface area contributed by atoms with Crippen molar-refractivity contribution in [1.82, 2.24) is 5.43 Å². The molecule has 1 amide bonds. The van der Waals surface area contributed by atoms with Gasteiger partial charge in [-0.15, -0.1) is 0 Å². The van der Waals surface area contributed by atoms with E-state index in [0.717, 1.165) is 21.2 Å². The number of nitrogens with one attached hydrogen (secondary N) is 1. The quantitative estimate of drug-likeness (QED) is 0.285. The summed E-state index contributed by atoms with van der Waals surface area (Å²) >= 11 is 6.25. The van der Waals surface area contributed by atoms with E-state index in [1.807, 2.05) is 31.2 Å². The van der Waals surface area contributed by atoms with Gasteiger partial charge in [-0.05, 0) is 79.4 Å². The number of sulfonamides is 1. The Balaban J connectivity index is 1.77. The predicted molar refractivity (Wildman–Crippen MR) is 144 cm³/mol. The smallest absolute Gasteiger partial charge is 0.264 e. The summed E-state index contributed by atoms with van der Waals surface area (Å²) in [5, 5.41) is 4.38.